The molecule has 22 heavy (non-hydrogen) atoms. The molecule has 0 atom stereocenters. The predicted octanol–water partition coefficient (Wildman–Crippen LogP) is 4.59. The van der Waals surface area contributed by atoms with Crippen molar-refractivity contribution in [1.82, 2.24) is 5.16 Å². The van der Waals surface area contributed by atoms with E-state index in [9.17, 15) is 4.79 Å². The Kier molecular flexibility index (Phi) is 4.60. The first-order valence-electron chi connectivity index (χ1n) is 6.70. The maximum atomic E-state index is 12.4. The first-order valence-corrected chi connectivity index (χ1v) is 8.63. The number of carbonyl (C=O) groups excluding carboxylic acids is 1. The minimum atomic E-state index is -0.102. The first kappa shape index (κ1) is 14.9. The molecular formula is C16H14N2O2S2. The van der Waals surface area contributed by atoms with Crippen LogP contribution >= 0.6 is 23.1 Å². The molecule has 0 aliphatic heterocycles. The molecule has 0 saturated carbocycles. The summed E-state index contributed by atoms with van der Waals surface area (Å²) in [6, 6.07) is 11.4. The lowest BCUT2D eigenvalue weighted by Crippen LogP contribution is -2.12. The van der Waals surface area contributed by atoms with Gasteiger partial charge in [-0.05, 0) is 30.5 Å². The van der Waals surface area contributed by atoms with E-state index < -0.39 is 0 Å². The molecule has 0 fully saturated rings. The molecule has 1 amide bonds. The monoisotopic (exact) mass is 330 g/mol. The lowest BCUT2D eigenvalue weighted by Gasteiger charge is -2.08. The zero-order valence-corrected chi connectivity index (χ0v) is 13.5. The van der Waals surface area contributed by atoms with E-state index in [2.05, 4.69) is 10.5 Å². The van der Waals surface area contributed by atoms with Gasteiger partial charge in [0.05, 0.1) is 22.7 Å². The van der Waals surface area contributed by atoms with Crippen LogP contribution in [0.15, 0.2) is 56.6 Å². The lowest BCUT2D eigenvalue weighted by atomic mass is 10.2. The predicted molar refractivity (Wildman–Crippen MR) is 89.5 cm³/mol. The van der Waals surface area contributed by atoms with E-state index in [4.69, 9.17) is 4.52 Å². The topological polar surface area (TPSA) is 55.1 Å². The van der Waals surface area contributed by atoms with Gasteiger partial charge >= 0.3 is 0 Å². The summed E-state index contributed by atoms with van der Waals surface area (Å²) in [5.41, 5.74) is 2.34. The van der Waals surface area contributed by atoms with Crippen molar-refractivity contribution in [2.24, 2.45) is 0 Å². The highest BCUT2D eigenvalue weighted by molar-refractivity contribution is 7.98. The quantitative estimate of drug-likeness (QED) is 0.695. The third-order valence-corrected chi connectivity index (χ3v) is 4.74. The highest BCUT2D eigenvalue weighted by atomic mass is 32.2. The summed E-state index contributed by atoms with van der Waals surface area (Å²) in [5, 5.41) is 10.6. The number of nitrogens with zero attached hydrogens (tertiary/aromatic N) is 1. The van der Waals surface area contributed by atoms with E-state index in [1.54, 1.807) is 23.1 Å². The first-order chi connectivity index (χ1) is 10.7. The third-order valence-electron chi connectivity index (χ3n) is 2.96. The van der Waals surface area contributed by atoms with E-state index in [1.165, 1.54) is 0 Å². The molecule has 0 radical (unpaired) electrons. The van der Waals surface area contributed by atoms with Crippen molar-refractivity contribution in [2.75, 3.05) is 5.32 Å². The number of carbonyl (C=O) groups is 1. The van der Waals surface area contributed by atoms with Crippen LogP contribution in [-0.4, -0.2) is 11.1 Å². The summed E-state index contributed by atoms with van der Waals surface area (Å²) >= 11 is 3.11. The number of anilines is 1. The Balaban J connectivity index is 1.73. The molecule has 0 unspecified atom stereocenters. The fourth-order valence-electron chi connectivity index (χ4n) is 1.95. The van der Waals surface area contributed by atoms with E-state index in [0.717, 1.165) is 22.0 Å². The molecule has 3 rings (SSSR count). The number of amides is 1. The van der Waals surface area contributed by atoms with Crippen LogP contribution < -0.4 is 5.32 Å². The molecule has 0 aliphatic carbocycles. The summed E-state index contributed by atoms with van der Waals surface area (Å²) in [7, 11) is 0. The molecule has 4 nitrogen and oxygen atoms in total. The number of aromatic nitrogens is 1. The Labute approximate surface area is 136 Å². The molecular weight excluding hydrogens is 316 g/mol. The largest absolute Gasteiger partial charge is 0.360 e. The van der Waals surface area contributed by atoms with E-state index >= 15 is 0 Å². The summed E-state index contributed by atoms with van der Waals surface area (Å²) in [5.74, 6) is 1.34. The fourth-order valence-corrected chi connectivity index (χ4v) is 3.46. The second-order valence-electron chi connectivity index (χ2n) is 4.69. The molecule has 2 heterocycles. The number of nitrogens with one attached hydrogen (secondary N) is 1. The van der Waals surface area contributed by atoms with Crippen molar-refractivity contribution >= 4 is 34.7 Å². The third kappa shape index (κ3) is 3.58. The van der Waals surface area contributed by atoms with Crippen molar-refractivity contribution < 1.29 is 9.32 Å². The van der Waals surface area contributed by atoms with Gasteiger partial charge in [-0.25, -0.2) is 0 Å². The van der Waals surface area contributed by atoms with Gasteiger partial charge in [-0.15, -0.1) is 11.8 Å². The zero-order valence-electron chi connectivity index (χ0n) is 11.9. The highest BCUT2D eigenvalue weighted by Crippen LogP contribution is 2.27. The maximum Gasteiger partial charge on any atom is 0.256 e. The number of aryl methyl sites for hydroxylation is 1. The number of hydrogen-bond acceptors (Lipinski definition) is 5. The van der Waals surface area contributed by atoms with Crippen molar-refractivity contribution in [3.63, 3.8) is 0 Å². The molecule has 0 bridgehead atoms. The molecule has 112 valence electrons. The molecule has 0 spiro atoms. The van der Waals surface area contributed by atoms with E-state index in [1.807, 2.05) is 54.1 Å². The average molecular weight is 330 g/mol. The second-order valence-corrected chi connectivity index (χ2v) is 6.48. The van der Waals surface area contributed by atoms with Crippen LogP contribution in [0.3, 0.4) is 0 Å². The van der Waals surface area contributed by atoms with Gasteiger partial charge in [0, 0.05) is 16.3 Å². The summed E-state index contributed by atoms with van der Waals surface area (Å²) in [6.07, 6.45) is 0. The molecule has 1 N–H and O–H groups in total. The molecule has 0 aliphatic rings. The Bertz CT molecular complexity index is 766. The summed E-state index contributed by atoms with van der Waals surface area (Å²) in [4.78, 5) is 13.3. The highest BCUT2D eigenvalue weighted by Gasteiger charge is 2.12. The van der Waals surface area contributed by atoms with Gasteiger partial charge in [-0.3, -0.25) is 4.79 Å². The molecule has 1 aromatic carbocycles. The van der Waals surface area contributed by atoms with Crippen molar-refractivity contribution in [3.8, 4) is 0 Å². The second kappa shape index (κ2) is 6.81. The molecule has 0 saturated heterocycles. The Morgan fingerprint density at radius 3 is 2.95 bits per heavy atom. The number of thioether (sulfide) groups is 1. The Morgan fingerprint density at radius 2 is 2.23 bits per heavy atom. The molecule has 6 heteroatoms. The van der Waals surface area contributed by atoms with Crippen molar-refractivity contribution in [3.05, 3.63) is 64.2 Å². The smallest absolute Gasteiger partial charge is 0.256 e. The van der Waals surface area contributed by atoms with Crippen LogP contribution in [0.5, 0.6) is 0 Å². The van der Waals surface area contributed by atoms with Crippen molar-refractivity contribution in [2.45, 2.75) is 17.6 Å². The Hall–Kier alpha value is -2.05. The molecule has 2 aromatic heterocycles. The molecule has 3 aromatic rings. The van der Waals surface area contributed by atoms with Crippen LogP contribution in [0.4, 0.5) is 5.69 Å². The van der Waals surface area contributed by atoms with Gasteiger partial charge in [-0.1, -0.05) is 17.3 Å². The summed E-state index contributed by atoms with van der Waals surface area (Å²) in [6.45, 7) is 1.89. The maximum absolute atomic E-state index is 12.4. The van der Waals surface area contributed by atoms with Crippen LogP contribution in [0.1, 0.15) is 21.8 Å². The van der Waals surface area contributed by atoms with Gasteiger partial charge in [0.25, 0.3) is 5.91 Å². The number of benzene rings is 1. The SMILES string of the molecule is Cc1cc(CSc2ccccc2C(=O)Nc2ccsc2)on1. The van der Waals surface area contributed by atoms with Gasteiger partial charge in [0.2, 0.25) is 0 Å². The lowest BCUT2D eigenvalue weighted by molar-refractivity contribution is 0.102. The van der Waals surface area contributed by atoms with E-state index in [-0.39, 0.29) is 5.91 Å². The van der Waals surface area contributed by atoms with Crippen LogP contribution in [0.25, 0.3) is 0 Å². The standard InChI is InChI=1S/C16H14N2O2S2/c1-11-8-13(20-18-11)10-22-15-5-3-2-4-14(15)16(19)17-12-6-7-21-9-12/h2-9H,10H2,1H3,(H,17,19). The minimum absolute atomic E-state index is 0.102. The average Bonchev–Trinajstić information content (AvgIpc) is 3.17. The fraction of sp³-hybridized carbons (Fsp3) is 0.125. The normalized spacial score (nSPS) is 10.6. The number of thiophene rings is 1. The zero-order chi connectivity index (χ0) is 15.4. The van der Waals surface area contributed by atoms with Crippen LogP contribution in [0.2, 0.25) is 0 Å². The van der Waals surface area contributed by atoms with Gasteiger partial charge in [0.15, 0.2) is 0 Å². The van der Waals surface area contributed by atoms with Gasteiger partial charge < -0.3 is 9.84 Å². The van der Waals surface area contributed by atoms with E-state index in [0.29, 0.717) is 11.3 Å². The minimum Gasteiger partial charge on any atom is -0.360 e. The van der Waals surface area contributed by atoms with Gasteiger partial charge in [0.1, 0.15) is 5.76 Å². The number of rotatable bonds is 5. The Morgan fingerprint density at radius 1 is 1.36 bits per heavy atom. The van der Waals surface area contributed by atoms with Crippen LogP contribution in [0, 0.1) is 6.92 Å². The number of hydrogen-bond donors (Lipinski definition) is 1. The van der Waals surface area contributed by atoms with Gasteiger partial charge in [-0.2, -0.15) is 11.3 Å². The van der Waals surface area contributed by atoms with Crippen LogP contribution in [-0.2, 0) is 5.75 Å². The summed E-state index contributed by atoms with van der Waals surface area (Å²) < 4.78 is 5.20. The van der Waals surface area contributed by atoms with Crippen molar-refractivity contribution in [1.29, 1.82) is 0 Å².